The van der Waals surface area contributed by atoms with Gasteiger partial charge in [0.2, 0.25) is 0 Å². The summed E-state index contributed by atoms with van der Waals surface area (Å²) < 4.78 is 11.1. The number of thiophene rings is 1. The number of furan rings is 1. The third kappa shape index (κ3) is 3.02. The highest BCUT2D eigenvalue weighted by molar-refractivity contribution is 7.10. The summed E-state index contributed by atoms with van der Waals surface area (Å²) in [4.78, 5) is 28.1. The van der Waals surface area contributed by atoms with Crippen LogP contribution in [0.1, 0.15) is 34.7 Å². The molecule has 0 bridgehead atoms. The second-order valence-electron chi connectivity index (χ2n) is 7.48. The number of carbonyl (C=O) groups excluding carboxylic acids is 2. The van der Waals surface area contributed by atoms with Gasteiger partial charge in [0, 0.05) is 16.9 Å². The SMILES string of the molecule is C[C@@H]1Cc2cc(C(O)=C3C(=O)C(=O)N(Cc4ccco4)[C@@H]3c3cccs3)ccc2O1. The Morgan fingerprint density at radius 2 is 2.10 bits per heavy atom. The smallest absolute Gasteiger partial charge is 0.296 e. The van der Waals surface area contributed by atoms with Crippen molar-refractivity contribution >= 4 is 28.8 Å². The van der Waals surface area contributed by atoms with Crippen molar-refractivity contribution in [1.29, 1.82) is 0 Å². The molecule has 0 saturated carbocycles. The number of benzene rings is 1. The van der Waals surface area contributed by atoms with Crippen LogP contribution >= 0.6 is 11.3 Å². The monoisotopic (exact) mass is 421 g/mol. The van der Waals surface area contributed by atoms with Crippen LogP contribution in [0.3, 0.4) is 0 Å². The number of likely N-dealkylation sites (tertiary alicyclic amines) is 1. The van der Waals surface area contributed by atoms with E-state index in [-0.39, 0.29) is 24.0 Å². The van der Waals surface area contributed by atoms with E-state index in [0.717, 1.165) is 22.6 Å². The van der Waals surface area contributed by atoms with Crippen LogP contribution in [-0.2, 0) is 22.6 Å². The van der Waals surface area contributed by atoms with E-state index in [2.05, 4.69) is 0 Å². The molecule has 4 heterocycles. The Morgan fingerprint density at radius 1 is 1.23 bits per heavy atom. The van der Waals surface area contributed by atoms with Gasteiger partial charge in [-0.15, -0.1) is 11.3 Å². The summed E-state index contributed by atoms with van der Waals surface area (Å²) in [6, 6.07) is 11.9. The van der Waals surface area contributed by atoms with Gasteiger partial charge in [-0.3, -0.25) is 9.59 Å². The quantitative estimate of drug-likeness (QED) is 0.386. The number of ketones is 1. The van der Waals surface area contributed by atoms with Gasteiger partial charge >= 0.3 is 0 Å². The molecule has 0 unspecified atom stereocenters. The summed E-state index contributed by atoms with van der Waals surface area (Å²) >= 11 is 1.44. The Morgan fingerprint density at radius 3 is 2.83 bits per heavy atom. The van der Waals surface area contributed by atoms with E-state index < -0.39 is 17.7 Å². The number of amides is 1. The number of hydrogen-bond acceptors (Lipinski definition) is 6. The number of aliphatic hydroxyl groups is 1. The second-order valence-corrected chi connectivity index (χ2v) is 8.46. The van der Waals surface area contributed by atoms with Gasteiger partial charge in [-0.05, 0) is 54.3 Å². The largest absolute Gasteiger partial charge is 0.507 e. The molecule has 1 aromatic carbocycles. The average Bonchev–Trinajstić information content (AvgIpc) is 3.51. The molecule has 6 nitrogen and oxygen atoms in total. The minimum absolute atomic E-state index is 0.0717. The van der Waals surface area contributed by atoms with E-state index in [4.69, 9.17) is 9.15 Å². The molecule has 1 saturated heterocycles. The molecule has 0 spiro atoms. The molecule has 0 radical (unpaired) electrons. The van der Waals surface area contributed by atoms with Crippen molar-refractivity contribution < 1.29 is 23.8 Å². The summed E-state index contributed by atoms with van der Waals surface area (Å²) in [5.41, 5.74) is 1.58. The first-order valence-corrected chi connectivity index (χ1v) is 10.5. The lowest BCUT2D eigenvalue weighted by Gasteiger charge is -2.23. The summed E-state index contributed by atoms with van der Waals surface area (Å²) in [5.74, 6) is -0.155. The first-order chi connectivity index (χ1) is 14.5. The van der Waals surface area contributed by atoms with Gasteiger partial charge in [-0.1, -0.05) is 6.07 Å². The third-order valence-corrected chi connectivity index (χ3v) is 6.35. The maximum absolute atomic E-state index is 13.0. The van der Waals surface area contributed by atoms with Crippen molar-refractivity contribution in [3.63, 3.8) is 0 Å². The van der Waals surface area contributed by atoms with Crippen LogP contribution in [0.5, 0.6) is 5.75 Å². The average molecular weight is 421 g/mol. The zero-order valence-electron chi connectivity index (χ0n) is 16.2. The van der Waals surface area contributed by atoms with Crippen molar-refractivity contribution in [3.8, 4) is 5.75 Å². The lowest BCUT2D eigenvalue weighted by Crippen LogP contribution is -2.28. The molecule has 7 heteroatoms. The lowest BCUT2D eigenvalue weighted by molar-refractivity contribution is -0.140. The Bertz CT molecular complexity index is 1150. The van der Waals surface area contributed by atoms with E-state index in [0.29, 0.717) is 11.3 Å². The maximum Gasteiger partial charge on any atom is 0.296 e. The molecule has 2 atom stereocenters. The summed E-state index contributed by atoms with van der Waals surface area (Å²) in [5, 5.41) is 13.0. The highest BCUT2D eigenvalue weighted by Gasteiger charge is 2.46. The lowest BCUT2D eigenvalue weighted by atomic mass is 9.98. The highest BCUT2D eigenvalue weighted by Crippen LogP contribution is 2.42. The Balaban J connectivity index is 1.61. The van der Waals surface area contributed by atoms with Crippen molar-refractivity contribution in [2.45, 2.75) is 32.0 Å². The van der Waals surface area contributed by atoms with Crippen LogP contribution in [-0.4, -0.2) is 27.8 Å². The topological polar surface area (TPSA) is 80.0 Å². The fraction of sp³-hybridized carbons (Fsp3) is 0.217. The Kier molecular flexibility index (Phi) is 4.47. The number of Topliss-reactive ketones (excluding diaryl/α,β-unsaturated/α-hetero) is 1. The normalized spacial score (nSPS) is 22.4. The number of aliphatic hydroxyl groups excluding tert-OH is 1. The number of ether oxygens (including phenoxy) is 1. The Labute approximate surface area is 177 Å². The van der Waals surface area contributed by atoms with Gasteiger partial charge < -0.3 is 19.2 Å². The highest BCUT2D eigenvalue weighted by atomic mass is 32.1. The van der Waals surface area contributed by atoms with Crippen LogP contribution < -0.4 is 4.74 Å². The van der Waals surface area contributed by atoms with Crippen LogP contribution in [0.15, 0.2) is 64.1 Å². The molecular weight excluding hydrogens is 402 g/mol. The van der Waals surface area contributed by atoms with Crippen LogP contribution in [0.25, 0.3) is 5.76 Å². The minimum atomic E-state index is -0.692. The van der Waals surface area contributed by atoms with E-state index in [1.807, 2.05) is 30.5 Å². The van der Waals surface area contributed by atoms with Crippen LogP contribution in [0, 0.1) is 0 Å². The molecule has 152 valence electrons. The molecular formula is C23H19NO5S. The van der Waals surface area contributed by atoms with Gasteiger partial charge in [-0.25, -0.2) is 0 Å². The number of nitrogens with zero attached hydrogens (tertiary/aromatic N) is 1. The summed E-state index contributed by atoms with van der Waals surface area (Å²) in [7, 11) is 0. The number of rotatable bonds is 4. The zero-order valence-corrected chi connectivity index (χ0v) is 17.0. The molecule has 30 heavy (non-hydrogen) atoms. The predicted molar refractivity (Wildman–Crippen MR) is 111 cm³/mol. The van der Waals surface area contributed by atoms with Crippen molar-refractivity contribution in [1.82, 2.24) is 4.90 Å². The molecule has 2 aliphatic rings. The van der Waals surface area contributed by atoms with Gasteiger partial charge in [0.25, 0.3) is 11.7 Å². The van der Waals surface area contributed by atoms with Crippen LogP contribution in [0.2, 0.25) is 0 Å². The van der Waals surface area contributed by atoms with E-state index in [9.17, 15) is 14.7 Å². The van der Waals surface area contributed by atoms with Crippen molar-refractivity contribution in [3.05, 3.63) is 81.4 Å². The first kappa shape index (κ1) is 18.7. The number of fused-ring (bicyclic) bond motifs is 1. The second kappa shape index (κ2) is 7.18. The van der Waals surface area contributed by atoms with Crippen molar-refractivity contribution in [2.24, 2.45) is 0 Å². The third-order valence-electron chi connectivity index (χ3n) is 5.43. The van der Waals surface area contributed by atoms with Crippen molar-refractivity contribution in [2.75, 3.05) is 0 Å². The molecule has 1 fully saturated rings. The van der Waals surface area contributed by atoms with Gasteiger partial charge in [0.1, 0.15) is 29.4 Å². The fourth-order valence-electron chi connectivity index (χ4n) is 4.08. The van der Waals surface area contributed by atoms with Gasteiger partial charge in [0.05, 0.1) is 18.4 Å². The zero-order chi connectivity index (χ0) is 20.8. The molecule has 1 N–H and O–H groups in total. The predicted octanol–water partition coefficient (Wildman–Crippen LogP) is 4.29. The molecule has 2 aromatic heterocycles. The van der Waals surface area contributed by atoms with E-state index in [1.165, 1.54) is 22.5 Å². The first-order valence-electron chi connectivity index (χ1n) is 9.67. The number of carbonyl (C=O) groups is 2. The Hall–Kier alpha value is -3.32. The standard InChI is InChI=1S/C23H19NO5S/c1-13-10-15-11-14(6-7-17(15)29-13)21(25)19-20(18-5-3-9-30-18)24(23(27)22(19)26)12-16-4-2-8-28-16/h2-9,11,13,20,25H,10,12H2,1H3/t13-,20-/m1/s1. The van der Waals surface area contributed by atoms with Gasteiger partial charge in [-0.2, -0.15) is 0 Å². The van der Waals surface area contributed by atoms with E-state index in [1.54, 1.807) is 24.3 Å². The molecule has 5 rings (SSSR count). The summed E-state index contributed by atoms with van der Waals surface area (Å²) in [6.07, 6.45) is 2.33. The fourth-order valence-corrected chi connectivity index (χ4v) is 4.93. The minimum Gasteiger partial charge on any atom is -0.507 e. The maximum atomic E-state index is 13.0. The molecule has 1 amide bonds. The molecule has 3 aromatic rings. The van der Waals surface area contributed by atoms with Gasteiger partial charge in [0.15, 0.2) is 0 Å². The summed E-state index contributed by atoms with van der Waals surface area (Å²) in [6.45, 7) is 2.13. The number of hydrogen-bond donors (Lipinski definition) is 1. The molecule has 2 aliphatic heterocycles. The van der Waals surface area contributed by atoms with Crippen LogP contribution in [0.4, 0.5) is 0 Å². The molecule has 0 aliphatic carbocycles. The van der Waals surface area contributed by atoms with E-state index >= 15 is 0 Å².